The van der Waals surface area contributed by atoms with Crippen LogP contribution in [0.5, 0.6) is 11.5 Å². The maximum atomic E-state index is 13.2. The van der Waals surface area contributed by atoms with E-state index in [9.17, 15) is 18.0 Å². The number of carboxylic acid groups (broad SMARTS) is 1. The van der Waals surface area contributed by atoms with Crippen molar-refractivity contribution >= 4 is 23.6 Å². The zero-order chi connectivity index (χ0) is 20.7. The predicted molar refractivity (Wildman–Crippen MR) is 95.6 cm³/mol. The number of fused-ring (bicyclic) bond motifs is 1. The number of alkyl halides is 3. The molecule has 150 valence electrons. The van der Waals surface area contributed by atoms with Crippen LogP contribution in [0.25, 0.3) is 6.08 Å². The number of rotatable bonds is 4. The van der Waals surface area contributed by atoms with E-state index in [-0.39, 0.29) is 22.1 Å². The molecule has 0 radical (unpaired) electrons. The Balaban J connectivity index is 1.98. The predicted octanol–water partition coefficient (Wildman–Crippen LogP) is 4.41. The Labute approximate surface area is 163 Å². The largest absolute Gasteiger partial charge is 0.481 e. The second kappa shape index (κ2) is 7.18. The lowest BCUT2D eigenvalue weighted by atomic mass is 9.94. The molecule has 0 amide bonds. The second-order valence-electron chi connectivity index (χ2n) is 6.44. The molecule has 2 unspecified atom stereocenters. The van der Waals surface area contributed by atoms with Gasteiger partial charge in [-0.1, -0.05) is 23.8 Å². The van der Waals surface area contributed by atoms with Crippen LogP contribution in [-0.2, 0) is 9.53 Å². The molecule has 1 aliphatic heterocycles. The van der Waals surface area contributed by atoms with E-state index >= 15 is 0 Å². The highest BCUT2D eigenvalue weighted by Gasteiger charge is 2.48. The number of benzene rings is 1. The molecule has 3 atom stereocenters. The van der Waals surface area contributed by atoms with E-state index in [1.807, 2.05) is 0 Å². The van der Waals surface area contributed by atoms with Gasteiger partial charge in [0, 0.05) is 18.7 Å². The topological polar surface area (TPSA) is 65.0 Å². The first-order valence-corrected chi connectivity index (χ1v) is 8.52. The summed E-state index contributed by atoms with van der Waals surface area (Å²) in [5.41, 5.74) is -1.61. The smallest absolute Gasteiger partial charge is 0.430 e. The summed E-state index contributed by atoms with van der Waals surface area (Å²) in [7, 11) is 1.50. The summed E-state index contributed by atoms with van der Waals surface area (Å²) in [5, 5.41) is 9.18. The van der Waals surface area contributed by atoms with E-state index in [0.29, 0.717) is 0 Å². The van der Waals surface area contributed by atoms with Gasteiger partial charge in [0.15, 0.2) is 0 Å². The van der Waals surface area contributed by atoms with Gasteiger partial charge >= 0.3 is 12.1 Å². The van der Waals surface area contributed by atoms with Gasteiger partial charge in [-0.3, -0.25) is 0 Å². The molecule has 1 N–H and O–H groups in total. The van der Waals surface area contributed by atoms with E-state index in [1.165, 1.54) is 19.2 Å². The van der Waals surface area contributed by atoms with E-state index in [1.54, 1.807) is 31.2 Å². The minimum absolute atomic E-state index is 0.0849. The van der Waals surface area contributed by atoms with Crippen LogP contribution in [-0.4, -0.2) is 42.2 Å². The number of halogens is 4. The van der Waals surface area contributed by atoms with Crippen molar-refractivity contribution in [2.24, 2.45) is 0 Å². The number of carboxylic acids is 1. The number of allylic oxidation sites excluding steroid dienone is 2. The third-order valence-electron chi connectivity index (χ3n) is 4.53. The molecule has 9 heteroatoms. The van der Waals surface area contributed by atoms with Crippen molar-refractivity contribution in [3.05, 3.63) is 52.6 Å². The normalized spacial score (nSPS) is 26.3. The lowest BCUT2D eigenvalue weighted by Gasteiger charge is -2.34. The summed E-state index contributed by atoms with van der Waals surface area (Å²) < 4.78 is 56.0. The lowest BCUT2D eigenvalue weighted by Crippen LogP contribution is -2.43. The van der Waals surface area contributed by atoms with Crippen molar-refractivity contribution in [3.8, 4) is 11.5 Å². The molecule has 28 heavy (non-hydrogen) atoms. The second-order valence-corrected chi connectivity index (χ2v) is 6.84. The lowest BCUT2D eigenvalue weighted by molar-refractivity contribution is -0.187. The van der Waals surface area contributed by atoms with Crippen molar-refractivity contribution in [2.75, 3.05) is 7.11 Å². The van der Waals surface area contributed by atoms with Gasteiger partial charge in [-0.05, 0) is 31.2 Å². The van der Waals surface area contributed by atoms with Crippen molar-refractivity contribution in [1.82, 2.24) is 0 Å². The van der Waals surface area contributed by atoms with Crippen molar-refractivity contribution in [2.45, 2.75) is 30.9 Å². The van der Waals surface area contributed by atoms with Crippen molar-refractivity contribution in [1.29, 1.82) is 0 Å². The summed E-state index contributed by atoms with van der Waals surface area (Å²) >= 11 is 6.21. The quantitative estimate of drug-likeness (QED) is 0.787. The molecule has 1 aromatic rings. The molecule has 1 aromatic carbocycles. The van der Waals surface area contributed by atoms with Gasteiger partial charge in [0.1, 0.15) is 23.2 Å². The van der Waals surface area contributed by atoms with Crippen LogP contribution < -0.4 is 9.47 Å². The van der Waals surface area contributed by atoms with Crippen LogP contribution in [0.2, 0.25) is 5.02 Å². The van der Waals surface area contributed by atoms with E-state index in [2.05, 4.69) is 0 Å². The summed E-state index contributed by atoms with van der Waals surface area (Å²) in [6, 6.07) is 2.52. The Hall–Kier alpha value is -2.45. The number of carbonyl (C=O) groups is 1. The Morgan fingerprint density at radius 1 is 1.32 bits per heavy atom. The van der Waals surface area contributed by atoms with Gasteiger partial charge in [-0.2, -0.15) is 13.2 Å². The Kier molecular flexibility index (Phi) is 5.20. The molecule has 0 bridgehead atoms. The van der Waals surface area contributed by atoms with Crippen LogP contribution in [0.15, 0.2) is 42.0 Å². The van der Waals surface area contributed by atoms with Crippen LogP contribution in [0, 0.1) is 0 Å². The fourth-order valence-electron chi connectivity index (χ4n) is 2.88. The standard InChI is InChI=1S/C19H16ClF3O5/c1-18(26-2)6-4-3-5-15(18)27-14-9-13-10(8-12(14)20)7-11(17(24)25)16(28-13)19(21,22)23/h3-9,15-16H,1-2H3,(H,24,25)/t15?,16-,18?/m0/s1. The van der Waals surface area contributed by atoms with Crippen molar-refractivity contribution in [3.63, 3.8) is 0 Å². The van der Waals surface area contributed by atoms with Gasteiger partial charge in [0.05, 0.1) is 10.6 Å². The Morgan fingerprint density at radius 2 is 2.04 bits per heavy atom. The highest BCUT2D eigenvalue weighted by atomic mass is 35.5. The van der Waals surface area contributed by atoms with Gasteiger partial charge in [0.25, 0.3) is 0 Å². The first-order valence-electron chi connectivity index (χ1n) is 8.15. The Bertz CT molecular complexity index is 890. The SMILES string of the molecule is COC1(C)C=CC=CC1Oc1cc2c(cc1Cl)C=C(C(=O)O)[C@@H](C(F)(F)F)O2. The summed E-state index contributed by atoms with van der Waals surface area (Å²) in [5.74, 6) is -1.82. The molecule has 1 aliphatic carbocycles. The average molecular weight is 417 g/mol. The maximum Gasteiger partial charge on any atom is 0.430 e. The Morgan fingerprint density at radius 3 is 2.64 bits per heavy atom. The third-order valence-corrected chi connectivity index (χ3v) is 4.83. The zero-order valence-electron chi connectivity index (χ0n) is 14.8. The van der Waals surface area contributed by atoms with Crippen LogP contribution >= 0.6 is 11.6 Å². The number of hydrogen-bond acceptors (Lipinski definition) is 4. The molecule has 0 spiro atoms. The number of aliphatic carboxylic acids is 1. The third kappa shape index (κ3) is 3.74. The van der Waals surface area contributed by atoms with Gasteiger partial charge in [-0.15, -0.1) is 0 Å². The zero-order valence-corrected chi connectivity index (χ0v) is 15.5. The molecule has 0 saturated carbocycles. The van der Waals surface area contributed by atoms with Gasteiger partial charge < -0.3 is 19.3 Å². The molecular weight excluding hydrogens is 401 g/mol. The van der Waals surface area contributed by atoms with Gasteiger partial charge in [0.2, 0.25) is 6.10 Å². The first kappa shape index (κ1) is 20.3. The summed E-state index contributed by atoms with van der Waals surface area (Å²) in [6.07, 6.45) is -0.143. The van der Waals surface area contributed by atoms with Crippen LogP contribution in [0.1, 0.15) is 12.5 Å². The van der Waals surface area contributed by atoms with Crippen molar-refractivity contribution < 1.29 is 37.3 Å². The molecular formula is C19H16ClF3O5. The minimum Gasteiger partial charge on any atom is -0.481 e. The molecule has 1 heterocycles. The first-order chi connectivity index (χ1) is 13.0. The van der Waals surface area contributed by atoms with E-state index in [4.69, 9.17) is 30.9 Å². The molecule has 3 rings (SSSR count). The summed E-state index contributed by atoms with van der Waals surface area (Å²) in [6.45, 7) is 1.78. The van der Waals surface area contributed by atoms with E-state index in [0.717, 1.165) is 6.08 Å². The van der Waals surface area contributed by atoms with Gasteiger partial charge in [-0.25, -0.2) is 4.79 Å². The summed E-state index contributed by atoms with van der Waals surface area (Å²) in [4.78, 5) is 11.2. The highest BCUT2D eigenvalue weighted by Crippen LogP contribution is 2.42. The van der Waals surface area contributed by atoms with E-state index < -0.39 is 35.5 Å². The number of hydrogen-bond donors (Lipinski definition) is 1. The number of methoxy groups -OCH3 is 1. The van der Waals surface area contributed by atoms with Crippen LogP contribution in [0.3, 0.4) is 0 Å². The fraction of sp³-hybridized carbons (Fsp3) is 0.316. The maximum absolute atomic E-state index is 13.2. The van der Waals surface area contributed by atoms with Crippen LogP contribution in [0.4, 0.5) is 13.2 Å². The molecule has 0 saturated heterocycles. The molecule has 0 fully saturated rings. The fourth-order valence-corrected chi connectivity index (χ4v) is 3.10. The molecule has 0 aromatic heterocycles. The minimum atomic E-state index is -4.89. The average Bonchev–Trinajstić information content (AvgIpc) is 2.62. The number of ether oxygens (including phenoxy) is 3. The molecule has 2 aliphatic rings. The monoisotopic (exact) mass is 416 g/mol. The highest BCUT2D eigenvalue weighted by molar-refractivity contribution is 6.32. The molecule has 5 nitrogen and oxygen atoms in total.